The van der Waals surface area contributed by atoms with Gasteiger partial charge in [0.05, 0.1) is 0 Å². The molecule has 1 aromatic rings. The number of ether oxygens (including phenoxy) is 1. The Labute approximate surface area is 123 Å². The van der Waals surface area contributed by atoms with Crippen molar-refractivity contribution >= 4 is 0 Å². The standard InChI is InChI=1S/C17H28N2O/c1-13(2)11-18-12-15-9-10-17(19-14(15)3)20-16-7-5-4-6-8-16/h9-10,13,16,18H,4-8,11-12H2,1-3H3. The molecule has 1 fully saturated rings. The Hall–Kier alpha value is -1.09. The van der Waals surface area contributed by atoms with Crippen LogP contribution in [-0.2, 0) is 6.54 Å². The average molecular weight is 276 g/mol. The molecule has 0 bridgehead atoms. The Morgan fingerprint density at radius 3 is 2.65 bits per heavy atom. The van der Waals surface area contributed by atoms with E-state index >= 15 is 0 Å². The number of nitrogens with zero attached hydrogens (tertiary/aromatic N) is 1. The Balaban J connectivity index is 1.87. The molecule has 1 aromatic heterocycles. The van der Waals surface area contributed by atoms with Crippen LogP contribution in [0.2, 0.25) is 0 Å². The second-order valence-corrected chi connectivity index (χ2v) is 6.30. The number of pyridine rings is 1. The Bertz CT molecular complexity index is 411. The van der Waals surface area contributed by atoms with Crippen LogP contribution in [0.25, 0.3) is 0 Å². The summed E-state index contributed by atoms with van der Waals surface area (Å²) < 4.78 is 6.00. The van der Waals surface area contributed by atoms with E-state index in [-0.39, 0.29) is 0 Å². The molecule has 0 amide bonds. The highest BCUT2D eigenvalue weighted by Crippen LogP contribution is 2.23. The molecule has 20 heavy (non-hydrogen) atoms. The fourth-order valence-electron chi connectivity index (χ4n) is 2.67. The van der Waals surface area contributed by atoms with Crippen molar-refractivity contribution in [2.75, 3.05) is 6.54 Å². The van der Waals surface area contributed by atoms with E-state index in [4.69, 9.17) is 4.74 Å². The smallest absolute Gasteiger partial charge is 0.213 e. The summed E-state index contributed by atoms with van der Waals surface area (Å²) in [6.45, 7) is 8.44. The first-order valence-corrected chi connectivity index (χ1v) is 7.99. The molecule has 0 aromatic carbocycles. The summed E-state index contributed by atoms with van der Waals surface area (Å²) in [7, 11) is 0. The maximum atomic E-state index is 6.00. The molecule has 0 atom stereocenters. The van der Waals surface area contributed by atoms with Crippen molar-refractivity contribution in [2.45, 2.75) is 65.5 Å². The van der Waals surface area contributed by atoms with Crippen molar-refractivity contribution in [1.29, 1.82) is 0 Å². The van der Waals surface area contributed by atoms with Crippen LogP contribution in [0, 0.1) is 12.8 Å². The first kappa shape index (κ1) is 15.3. The molecule has 0 radical (unpaired) electrons. The van der Waals surface area contributed by atoms with E-state index in [0.717, 1.165) is 24.7 Å². The number of rotatable bonds is 6. The van der Waals surface area contributed by atoms with Crippen LogP contribution in [0.15, 0.2) is 12.1 Å². The lowest BCUT2D eigenvalue weighted by Gasteiger charge is -2.22. The van der Waals surface area contributed by atoms with E-state index in [0.29, 0.717) is 12.0 Å². The molecule has 0 saturated heterocycles. The van der Waals surface area contributed by atoms with Crippen molar-refractivity contribution < 1.29 is 4.74 Å². The van der Waals surface area contributed by atoms with E-state index in [2.05, 4.69) is 37.1 Å². The third-order valence-corrected chi connectivity index (χ3v) is 3.88. The Morgan fingerprint density at radius 2 is 2.00 bits per heavy atom. The quantitative estimate of drug-likeness (QED) is 0.857. The van der Waals surface area contributed by atoms with Gasteiger partial charge < -0.3 is 10.1 Å². The van der Waals surface area contributed by atoms with Crippen LogP contribution in [0.4, 0.5) is 0 Å². The van der Waals surface area contributed by atoms with Gasteiger partial charge in [-0.2, -0.15) is 0 Å². The predicted octanol–water partition coefficient (Wildman–Crippen LogP) is 3.85. The highest BCUT2D eigenvalue weighted by atomic mass is 16.5. The molecule has 0 spiro atoms. The predicted molar refractivity (Wildman–Crippen MR) is 83.0 cm³/mol. The van der Waals surface area contributed by atoms with Crippen LogP contribution in [0.5, 0.6) is 5.88 Å². The minimum atomic E-state index is 0.376. The third-order valence-electron chi connectivity index (χ3n) is 3.88. The topological polar surface area (TPSA) is 34.1 Å². The van der Waals surface area contributed by atoms with Gasteiger partial charge in [0.25, 0.3) is 0 Å². The van der Waals surface area contributed by atoms with Gasteiger partial charge in [-0.1, -0.05) is 26.3 Å². The van der Waals surface area contributed by atoms with Crippen molar-refractivity contribution in [2.24, 2.45) is 5.92 Å². The van der Waals surface area contributed by atoms with Crippen LogP contribution in [0.3, 0.4) is 0 Å². The van der Waals surface area contributed by atoms with Gasteiger partial charge in [0.15, 0.2) is 0 Å². The van der Waals surface area contributed by atoms with Gasteiger partial charge >= 0.3 is 0 Å². The van der Waals surface area contributed by atoms with Gasteiger partial charge in [-0.05, 0) is 50.6 Å². The minimum absolute atomic E-state index is 0.376. The molecule has 1 heterocycles. The molecule has 2 rings (SSSR count). The van der Waals surface area contributed by atoms with E-state index < -0.39 is 0 Å². The van der Waals surface area contributed by atoms with E-state index in [1.807, 2.05) is 6.07 Å². The van der Waals surface area contributed by atoms with Crippen molar-refractivity contribution in [3.8, 4) is 5.88 Å². The van der Waals surface area contributed by atoms with Gasteiger partial charge in [0.2, 0.25) is 5.88 Å². The van der Waals surface area contributed by atoms with Crippen LogP contribution >= 0.6 is 0 Å². The zero-order chi connectivity index (χ0) is 14.4. The number of aromatic nitrogens is 1. The van der Waals surface area contributed by atoms with E-state index in [1.54, 1.807) is 0 Å². The third kappa shape index (κ3) is 4.78. The molecule has 1 aliphatic carbocycles. The van der Waals surface area contributed by atoms with Gasteiger partial charge in [-0.15, -0.1) is 0 Å². The van der Waals surface area contributed by atoms with Crippen molar-refractivity contribution in [1.82, 2.24) is 10.3 Å². The van der Waals surface area contributed by atoms with Crippen LogP contribution in [-0.4, -0.2) is 17.6 Å². The summed E-state index contributed by atoms with van der Waals surface area (Å²) in [6, 6.07) is 4.17. The summed E-state index contributed by atoms with van der Waals surface area (Å²) in [4.78, 5) is 4.60. The first-order chi connectivity index (χ1) is 9.65. The highest BCUT2D eigenvalue weighted by molar-refractivity contribution is 5.25. The number of hydrogen-bond donors (Lipinski definition) is 1. The fraction of sp³-hybridized carbons (Fsp3) is 0.706. The Kier molecular flexibility index (Phi) is 5.84. The highest BCUT2D eigenvalue weighted by Gasteiger charge is 2.15. The molecule has 112 valence electrons. The van der Waals surface area contributed by atoms with E-state index in [9.17, 15) is 0 Å². The molecular weight excluding hydrogens is 248 g/mol. The molecule has 1 saturated carbocycles. The summed E-state index contributed by atoms with van der Waals surface area (Å²) in [5.41, 5.74) is 2.34. The van der Waals surface area contributed by atoms with Crippen molar-refractivity contribution in [3.05, 3.63) is 23.4 Å². The van der Waals surface area contributed by atoms with Gasteiger partial charge in [0, 0.05) is 18.3 Å². The van der Waals surface area contributed by atoms with Crippen molar-refractivity contribution in [3.63, 3.8) is 0 Å². The lowest BCUT2D eigenvalue weighted by Crippen LogP contribution is -2.21. The molecule has 1 aliphatic rings. The molecule has 1 N–H and O–H groups in total. The summed E-state index contributed by atoms with van der Waals surface area (Å²) in [5, 5.41) is 3.46. The summed E-state index contributed by atoms with van der Waals surface area (Å²) in [6.07, 6.45) is 6.67. The Morgan fingerprint density at radius 1 is 1.25 bits per heavy atom. The normalized spacial score (nSPS) is 16.6. The van der Waals surface area contributed by atoms with E-state index in [1.165, 1.54) is 37.7 Å². The largest absolute Gasteiger partial charge is 0.474 e. The first-order valence-electron chi connectivity index (χ1n) is 7.99. The maximum Gasteiger partial charge on any atom is 0.213 e. The molecule has 0 unspecified atom stereocenters. The molecular formula is C17H28N2O. The van der Waals surface area contributed by atoms with Crippen LogP contribution in [0.1, 0.15) is 57.2 Å². The summed E-state index contributed by atoms with van der Waals surface area (Å²) >= 11 is 0. The maximum absolute atomic E-state index is 6.00. The zero-order valence-electron chi connectivity index (χ0n) is 13.1. The number of aryl methyl sites for hydroxylation is 1. The van der Waals surface area contributed by atoms with Gasteiger partial charge in [-0.3, -0.25) is 0 Å². The monoisotopic (exact) mass is 276 g/mol. The number of nitrogens with one attached hydrogen (secondary N) is 1. The lowest BCUT2D eigenvalue weighted by molar-refractivity contribution is 0.148. The van der Waals surface area contributed by atoms with Gasteiger partial charge in [-0.25, -0.2) is 4.98 Å². The SMILES string of the molecule is Cc1nc(OC2CCCCC2)ccc1CNCC(C)C. The second-order valence-electron chi connectivity index (χ2n) is 6.30. The summed E-state index contributed by atoms with van der Waals surface area (Å²) in [5.74, 6) is 1.47. The lowest BCUT2D eigenvalue weighted by atomic mass is 9.98. The molecule has 3 nitrogen and oxygen atoms in total. The molecule has 3 heteroatoms. The zero-order valence-corrected chi connectivity index (χ0v) is 13.1. The number of hydrogen-bond acceptors (Lipinski definition) is 3. The molecule has 0 aliphatic heterocycles. The fourth-order valence-corrected chi connectivity index (χ4v) is 2.67. The average Bonchev–Trinajstić information content (AvgIpc) is 2.42. The van der Waals surface area contributed by atoms with Crippen LogP contribution < -0.4 is 10.1 Å². The van der Waals surface area contributed by atoms with Gasteiger partial charge in [0.1, 0.15) is 6.10 Å². The second kappa shape index (κ2) is 7.63. The minimum Gasteiger partial charge on any atom is -0.474 e.